The first-order valence-electron chi connectivity index (χ1n) is 5.93. The highest BCUT2D eigenvalue weighted by Gasteiger charge is 2.26. The van der Waals surface area contributed by atoms with E-state index >= 15 is 0 Å². The van der Waals surface area contributed by atoms with Crippen LogP contribution in [0.4, 0.5) is 0 Å². The number of rotatable bonds is 2. The molecule has 1 fully saturated rings. The van der Waals surface area contributed by atoms with Crippen LogP contribution < -0.4 is 0 Å². The van der Waals surface area contributed by atoms with Crippen LogP contribution in [0.25, 0.3) is 0 Å². The van der Waals surface area contributed by atoms with Crippen LogP contribution in [-0.2, 0) is 0 Å². The van der Waals surface area contributed by atoms with Gasteiger partial charge >= 0.3 is 0 Å². The average Bonchev–Trinajstić information content (AvgIpc) is 2.39. The van der Waals surface area contributed by atoms with Crippen LogP contribution in [0.1, 0.15) is 29.6 Å². The van der Waals surface area contributed by atoms with Gasteiger partial charge in [-0.15, -0.1) is 0 Å². The summed E-state index contributed by atoms with van der Waals surface area (Å²) in [6.45, 7) is 0.717. The number of likely N-dealkylation sites (tertiary alicyclic amines) is 1. The molecule has 1 atom stereocenters. The van der Waals surface area contributed by atoms with Gasteiger partial charge in [-0.2, -0.15) is 0 Å². The molecule has 1 unspecified atom stereocenters. The molecule has 92 valence electrons. The van der Waals surface area contributed by atoms with Crippen LogP contribution in [0.2, 0.25) is 0 Å². The minimum absolute atomic E-state index is 0.0177. The van der Waals surface area contributed by atoms with Gasteiger partial charge in [0.15, 0.2) is 0 Å². The molecular weight excluding hydrogens is 218 g/mol. The third-order valence-electron chi connectivity index (χ3n) is 3.21. The van der Waals surface area contributed by atoms with Gasteiger partial charge in [0, 0.05) is 12.1 Å². The number of carbonyl (C=O) groups is 1. The number of phenols is 1. The third-order valence-corrected chi connectivity index (χ3v) is 3.21. The molecular formula is C13H17NO3. The molecule has 1 aromatic carbocycles. The van der Waals surface area contributed by atoms with Crippen LogP contribution >= 0.6 is 0 Å². The zero-order chi connectivity index (χ0) is 12.3. The number of nitrogens with zero attached hydrogens (tertiary/aromatic N) is 1. The van der Waals surface area contributed by atoms with Crippen molar-refractivity contribution >= 4 is 5.91 Å². The maximum Gasteiger partial charge on any atom is 0.254 e. The molecule has 0 radical (unpaired) electrons. The molecule has 1 aliphatic heterocycles. The number of carbonyl (C=O) groups excluding carboxylic acids is 1. The Hall–Kier alpha value is -1.55. The number of aliphatic hydroxyl groups excluding tert-OH is 1. The van der Waals surface area contributed by atoms with Crippen molar-refractivity contribution in [3.63, 3.8) is 0 Å². The second kappa shape index (κ2) is 5.19. The summed E-state index contributed by atoms with van der Waals surface area (Å²) in [5.74, 6) is 0.0858. The first-order chi connectivity index (χ1) is 8.22. The quantitative estimate of drug-likeness (QED) is 0.814. The van der Waals surface area contributed by atoms with E-state index in [0.29, 0.717) is 12.1 Å². The molecule has 4 nitrogen and oxygen atoms in total. The molecule has 2 rings (SSSR count). The topological polar surface area (TPSA) is 60.8 Å². The normalized spacial score (nSPS) is 20.3. The van der Waals surface area contributed by atoms with Crippen LogP contribution in [0.3, 0.4) is 0 Å². The zero-order valence-electron chi connectivity index (χ0n) is 9.67. The smallest absolute Gasteiger partial charge is 0.254 e. The number of phenolic OH excluding ortho intramolecular Hbond substituents is 1. The summed E-state index contributed by atoms with van der Waals surface area (Å²) >= 11 is 0. The van der Waals surface area contributed by atoms with Gasteiger partial charge in [0.2, 0.25) is 0 Å². The molecule has 2 N–H and O–H groups in total. The summed E-state index contributed by atoms with van der Waals surface area (Å²) in [5, 5.41) is 18.4. The minimum atomic E-state index is -0.0660. The predicted molar refractivity (Wildman–Crippen MR) is 63.9 cm³/mol. The van der Waals surface area contributed by atoms with E-state index in [0.717, 1.165) is 19.3 Å². The van der Waals surface area contributed by atoms with E-state index in [1.165, 1.54) is 12.1 Å². The van der Waals surface area contributed by atoms with Crippen molar-refractivity contribution in [3.05, 3.63) is 29.8 Å². The predicted octanol–water partition coefficient (Wildman–Crippen LogP) is 1.38. The van der Waals surface area contributed by atoms with E-state index in [2.05, 4.69) is 0 Å². The van der Waals surface area contributed by atoms with Gasteiger partial charge in [-0.1, -0.05) is 0 Å². The highest BCUT2D eigenvalue weighted by atomic mass is 16.3. The number of hydrogen-bond donors (Lipinski definition) is 2. The fraction of sp³-hybridized carbons (Fsp3) is 0.462. The van der Waals surface area contributed by atoms with Gasteiger partial charge in [0.25, 0.3) is 5.91 Å². The Morgan fingerprint density at radius 3 is 2.65 bits per heavy atom. The lowest BCUT2D eigenvalue weighted by Crippen LogP contribution is -2.45. The summed E-state index contributed by atoms with van der Waals surface area (Å²) in [4.78, 5) is 13.9. The van der Waals surface area contributed by atoms with Crippen molar-refractivity contribution in [2.24, 2.45) is 0 Å². The van der Waals surface area contributed by atoms with E-state index < -0.39 is 0 Å². The number of benzene rings is 1. The minimum Gasteiger partial charge on any atom is -0.508 e. The zero-order valence-corrected chi connectivity index (χ0v) is 9.67. The van der Waals surface area contributed by atoms with Gasteiger partial charge in [0.1, 0.15) is 5.75 Å². The van der Waals surface area contributed by atoms with Crippen molar-refractivity contribution in [2.75, 3.05) is 13.2 Å². The molecule has 0 aliphatic carbocycles. The van der Waals surface area contributed by atoms with Crippen molar-refractivity contribution < 1.29 is 15.0 Å². The SMILES string of the molecule is O=C(c1ccc(O)cc1)N1CCCCC1CO. The number of amides is 1. The standard InChI is InChI=1S/C13H17NO3/c15-9-11-3-1-2-8-14(11)13(17)10-4-6-12(16)7-5-10/h4-7,11,15-16H,1-3,8-9H2. The van der Waals surface area contributed by atoms with E-state index in [-0.39, 0.29) is 24.3 Å². The van der Waals surface area contributed by atoms with Crippen LogP contribution in [0.5, 0.6) is 5.75 Å². The molecule has 1 aromatic rings. The number of aromatic hydroxyl groups is 1. The Kier molecular flexibility index (Phi) is 3.64. The fourth-order valence-electron chi connectivity index (χ4n) is 2.23. The molecule has 0 spiro atoms. The Labute approximate surface area is 100 Å². The van der Waals surface area contributed by atoms with Crippen molar-refractivity contribution in [3.8, 4) is 5.75 Å². The second-order valence-electron chi connectivity index (χ2n) is 4.38. The third kappa shape index (κ3) is 2.58. The van der Waals surface area contributed by atoms with E-state index in [1.807, 2.05) is 0 Å². The maximum absolute atomic E-state index is 12.2. The lowest BCUT2D eigenvalue weighted by Gasteiger charge is -2.34. The Bertz CT molecular complexity index is 388. The van der Waals surface area contributed by atoms with Gasteiger partial charge < -0.3 is 15.1 Å². The lowest BCUT2D eigenvalue weighted by molar-refractivity contribution is 0.0503. The molecule has 1 aliphatic rings. The molecule has 0 bridgehead atoms. The van der Waals surface area contributed by atoms with Gasteiger partial charge in [0.05, 0.1) is 12.6 Å². The molecule has 0 aromatic heterocycles. The summed E-state index contributed by atoms with van der Waals surface area (Å²) in [7, 11) is 0. The summed E-state index contributed by atoms with van der Waals surface area (Å²) < 4.78 is 0. The second-order valence-corrected chi connectivity index (χ2v) is 4.38. The number of piperidine rings is 1. The van der Waals surface area contributed by atoms with E-state index in [1.54, 1.807) is 17.0 Å². The maximum atomic E-state index is 12.2. The highest BCUT2D eigenvalue weighted by molar-refractivity contribution is 5.94. The molecule has 1 heterocycles. The Balaban J connectivity index is 2.15. The van der Waals surface area contributed by atoms with E-state index in [4.69, 9.17) is 0 Å². The number of hydrogen-bond acceptors (Lipinski definition) is 3. The van der Waals surface area contributed by atoms with Gasteiger partial charge in [-0.25, -0.2) is 0 Å². The Morgan fingerprint density at radius 2 is 2.00 bits per heavy atom. The van der Waals surface area contributed by atoms with Crippen LogP contribution in [0.15, 0.2) is 24.3 Å². The average molecular weight is 235 g/mol. The lowest BCUT2D eigenvalue weighted by atomic mass is 10.0. The largest absolute Gasteiger partial charge is 0.508 e. The van der Waals surface area contributed by atoms with Crippen LogP contribution in [-0.4, -0.2) is 40.2 Å². The van der Waals surface area contributed by atoms with Gasteiger partial charge in [-0.3, -0.25) is 4.79 Å². The summed E-state index contributed by atoms with van der Waals surface area (Å²) in [6.07, 6.45) is 2.91. The van der Waals surface area contributed by atoms with E-state index in [9.17, 15) is 15.0 Å². The summed E-state index contributed by atoms with van der Waals surface area (Å²) in [5.41, 5.74) is 0.558. The van der Waals surface area contributed by atoms with Gasteiger partial charge in [-0.05, 0) is 43.5 Å². The fourth-order valence-corrected chi connectivity index (χ4v) is 2.23. The molecule has 4 heteroatoms. The summed E-state index contributed by atoms with van der Waals surface area (Å²) in [6, 6.07) is 6.17. The van der Waals surface area contributed by atoms with Crippen molar-refractivity contribution in [1.29, 1.82) is 0 Å². The number of aliphatic hydroxyl groups is 1. The first kappa shape index (κ1) is 11.9. The molecule has 0 saturated carbocycles. The monoisotopic (exact) mass is 235 g/mol. The Morgan fingerprint density at radius 1 is 1.29 bits per heavy atom. The highest BCUT2D eigenvalue weighted by Crippen LogP contribution is 2.20. The molecule has 17 heavy (non-hydrogen) atoms. The molecule has 1 saturated heterocycles. The van der Waals surface area contributed by atoms with Crippen LogP contribution in [0, 0.1) is 0 Å². The molecule has 1 amide bonds. The van der Waals surface area contributed by atoms with Crippen molar-refractivity contribution in [2.45, 2.75) is 25.3 Å². The first-order valence-corrected chi connectivity index (χ1v) is 5.93. The van der Waals surface area contributed by atoms with Crippen molar-refractivity contribution in [1.82, 2.24) is 4.90 Å².